The minimum absolute atomic E-state index is 0.642. The first-order valence-electron chi connectivity index (χ1n) is 7.83. The van der Waals surface area contributed by atoms with Crippen molar-refractivity contribution in [1.82, 2.24) is 0 Å². The van der Waals surface area contributed by atoms with E-state index in [0.717, 1.165) is 22.4 Å². The molecule has 3 nitrogen and oxygen atoms in total. The van der Waals surface area contributed by atoms with Gasteiger partial charge >= 0.3 is 7.12 Å². The smallest absolute Gasteiger partial charge is 0.493 e. The molecule has 0 unspecified atom stereocenters. The molecule has 0 aliphatic carbocycles. The molecule has 2 aromatic carbocycles. The van der Waals surface area contributed by atoms with E-state index < -0.39 is 12.7 Å². The molecule has 0 fully saturated rings. The van der Waals surface area contributed by atoms with Crippen LogP contribution in [0.2, 0.25) is 0 Å². The summed E-state index contributed by atoms with van der Waals surface area (Å²) < 4.78 is 10.9. The molecular formula is C20H19BO3. The average Bonchev–Trinajstić information content (AvgIpc) is 2.82. The summed E-state index contributed by atoms with van der Waals surface area (Å²) >= 11 is 0. The maximum Gasteiger partial charge on any atom is 0.493 e. The molecule has 0 saturated carbocycles. The Morgan fingerprint density at radius 1 is 1.00 bits per heavy atom. The third-order valence-corrected chi connectivity index (χ3v) is 4.03. The number of rotatable bonds is 2. The second-order valence-electron chi connectivity index (χ2n) is 6.11. The van der Waals surface area contributed by atoms with Crippen molar-refractivity contribution in [3.05, 3.63) is 71.3 Å². The highest BCUT2D eigenvalue weighted by molar-refractivity contribution is 6.69. The Labute approximate surface area is 143 Å². The van der Waals surface area contributed by atoms with Crippen molar-refractivity contribution in [3.63, 3.8) is 0 Å². The van der Waals surface area contributed by atoms with Crippen LogP contribution >= 0.6 is 0 Å². The van der Waals surface area contributed by atoms with E-state index >= 15 is 0 Å². The molecule has 1 aliphatic heterocycles. The second-order valence-corrected chi connectivity index (χ2v) is 6.11. The maximum atomic E-state index is 10.4. The molecule has 120 valence electrons. The van der Waals surface area contributed by atoms with Crippen LogP contribution in [0, 0.1) is 11.8 Å². The lowest BCUT2D eigenvalue weighted by Crippen LogP contribution is -2.26. The van der Waals surface area contributed by atoms with Gasteiger partial charge in [0.1, 0.15) is 5.75 Å². The number of ether oxygens (including phenoxy) is 1. The van der Waals surface area contributed by atoms with Crippen molar-refractivity contribution in [2.24, 2.45) is 0 Å². The van der Waals surface area contributed by atoms with Crippen molar-refractivity contribution < 1.29 is 14.4 Å². The molecule has 0 radical (unpaired) electrons. The lowest BCUT2D eigenvalue weighted by molar-refractivity contribution is 0.141. The van der Waals surface area contributed by atoms with Crippen LogP contribution in [0.15, 0.2) is 60.2 Å². The first-order valence-corrected chi connectivity index (χ1v) is 7.83. The quantitative estimate of drug-likeness (QED) is 0.682. The van der Waals surface area contributed by atoms with E-state index in [-0.39, 0.29) is 0 Å². The molecule has 4 heteroatoms. The average molecular weight is 318 g/mol. The number of hydrogen-bond donors (Lipinski definition) is 1. The Hall–Kier alpha value is -2.48. The SMILES string of the molecule is COc1ccc(C2=C(C#Cc3ccccc3)C(C)(C)OB2O)cc1. The van der Waals surface area contributed by atoms with E-state index in [4.69, 9.17) is 9.39 Å². The molecule has 0 aromatic heterocycles. The summed E-state index contributed by atoms with van der Waals surface area (Å²) in [5, 5.41) is 10.4. The van der Waals surface area contributed by atoms with Crippen molar-refractivity contribution in [1.29, 1.82) is 0 Å². The zero-order chi connectivity index (χ0) is 17.2. The molecule has 3 rings (SSSR count). The third-order valence-electron chi connectivity index (χ3n) is 4.03. The maximum absolute atomic E-state index is 10.4. The van der Waals surface area contributed by atoms with Gasteiger partial charge in [-0.05, 0) is 43.7 Å². The van der Waals surface area contributed by atoms with Gasteiger partial charge in [0, 0.05) is 16.6 Å². The Morgan fingerprint density at radius 3 is 2.29 bits per heavy atom. The zero-order valence-electron chi connectivity index (χ0n) is 14.0. The standard InChI is InChI=1S/C20H19BO3/c1-20(2)18(14-9-15-7-5-4-6-8-15)19(21(22)24-20)16-10-12-17(23-3)13-11-16/h4-8,10-13,22H,1-3H3. The topological polar surface area (TPSA) is 38.7 Å². The van der Waals surface area contributed by atoms with Crippen LogP contribution in [0.25, 0.3) is 5.47 Å². The molecule has 0 bridgehead atoms. The van der Waals surface area contributed by atoms with Crippen molar-refractivity contribution in [2.75, 3.05) is 7.11 Å². The van der Waals surface area contributed by atoms with E-state index in [1.165, 1.54) is 0 Å². The first kappa shape index (κ1) is 16.4. The fourth-order valence-corrected chi connectivity index (χ4v) is 2.78. The summed E-state index contributed by atoms with van der Waals surface area (Å²) in [6.45, 7) is 3.84. The van der Waals surface area contributed by atoms with Crippen LogP contribution < -0.4 is 4.74 Å². The molecule has 0 amide bonds. The molecule has 1 N–H and O–H groups in total. The van der Waals surface area contributed by atoms with Gasteiger partial charge in [-0.15, -0.1) is 0 Å². The largest absolute Gasteiger partial charge is 0.497 e. The number of benzene rings is 2. The van der Waals surface area contributed by atoms with Gasteiger partial charge in [0.25, 0.3) is 0 Å². The minimum atomic E-state index is -0.992. The highest BCUT2D eigenvalue weighted by Gasteiger charge is 2.43. The molecule has 2 aromatic rings. The predicted octanol–water partition coefficient (Wildman–Crippen LogP) is 3.33. The van der Waals surface area contributed by atoms with Gasteiger partial charge in [-0.25, -0.2) is 0 Å². The summed E-state index contributed by atoms with van der Waals surface area (Å²) in [4.78, 5) is 0. The van der Waals surface area contributed by atoms with Crippen LogP contribution in [0.3, 0.4) is 0 Å². The Kier molecular flexibility index (Phi) is 4.48. The molecule has 0 atom stereocenters. The number of hydrogen-bond acceptors (Lipinski definition) is 3. The minimum Gasteiger partial charge on any atom is -0.497 e. The van der Waals surface area contributed by atoms with Crippen molar-refractivity contribution in [2.45, 2.75) is 19.4 Å². The number of methoxy groups -OCH3 is 1. The summed E-state index contributed by atoms with van der Waals surface area (Å²) in [7, 11) is 0.635. The Balaban J connectivity index is 2.08. The highest BCUT2D eigenvalue weighted by Crippen LogP contribution is 2.38. The molecule has 24 heavy (non-hydrogen) atoms. The monoisotopic (exact) mass is 318 g/mol. The molecular weight excluding hydrogens is 299 g/mol. The normalized spacial score (nSPS) is 15.9. The van der Waals surface area contributed by atoms with Crippen LogP contribution in [0.5, 0.6) is 5.75 Å². The fraction of sp³-hybridized carbons (Fsp3) is 0.200. The summed E-state index contributed by atoms with van der Waals surface area (Å²) in [6.07, 6.45) is 0. The second kappa shape index (κ2) is 6.56. The Bertz CT molecular complexity index is 811. The van der Waals surface area contributed by atoms with Gasteiger partial charge < -0.3 is 14.4 Å². The third kappa shape index (κ3) is 3.23. The van der Waals surface area contributed by atoms with E-state index in [2.05, 4.69) is 11.8 Å². The predicted molar refractivity (Wildman–Crippen MR) is 96.4 cm³/mol. The first-order chi connectivity index (χ1) is 11.5. The van der Waals surface area contributed by atoms with Crippen LogP contribution in [-0.4, -0.2) is 24.9 Å². The molecule has 1 aliphatic rings. The lowest BCUT2D eigenvalue weighted by Gasteiger charge is -2.19. The zero-order valence-corrected chi connectivity index (χ0v) is 14.0. The highest BCUT2D eigenvalue weighted by atomic mass is 16.5. The van der Waals surface area contributed by atoms with E-state index in [1.54, 1.807) is 7.11 Å². The van der Waals surface area contributed by atoms with E-state index in [0.29, 0.717) is 5.47 Å². The Morgan fingerprint density at radius 2 is 1.67 bits per heavy atom. The summed E-state index contributed by atoms with van der Waals surface area (Å²) in [5.41, 5.74) is 2.67. The van der Waals surface area contributed by atoms with Gasteiger partial charge in [-0.3, -0.25) is 0 Å². The van der Waals surface area contributed by atoms with E-state index in [1.807, 2.05) is 68.4 Å². The molecule has 0 saturated heterocycles. The molecule has 0 spiro atoms. The summed E-state index contributed by atoms with van der Waals surface area (Å²) in [6, 6.07) is 17.3. The van der Waals surface area contributed by atoms with Crippen LogP contribution in [-0.2, 0) is 4.65 Å². The van der Waals surface area contributed by atoms with Crippen molar-refractivity contribution >= 4 is 12.6 Å². The summed E-state index contributed by atoms with van der Waals surface area (Å²) in [5.74, 6) is 7.14. The van der Waals surface area contributed by atoms with Gasteiger partial charge in [0.05, 0.1) is 12.7 Å². The van der Waals surface area contributed by atoms with Gasteiger partial charge in [-0.2, -0.15) is 0 Å². The van der Waals surface area contributed by atoms with Gasteiger partial charge in [0.2, 0.25) is 0 Å². The van der Waals surface area contributed by atoms with Crippen LogP contribution in [0.1, 0.15) is 25.0 Å². The van der Waals surface area contributed by atoms with E-state index in [9.17, 15) is 5.02 Å². The van der Waals surface area contributed by atoms with Gasteiger partial charge in [-0.1, -0.05) is 42.2 Å². The van der Waals surface area contributed by atoms with Crippen LogP contribution in [0.4, 0.5) is 0 Å². The molecule has 1 heterocycles. The van der Waals surface area contributed by atoms with Gasteiger partial charge in [0.15, 0.2) is 0 Å². The van der Waals surface area contributed by atoms with Crippen molar-refractivity contribution in [3.8, 4) is 17.6 Å². The lowest BCUT2D eigenvalue weighted by atomic mass is 9.73. The fourth-order valence-electron chi connectivity index (χ4n) is 2.78.